The zero-order valence-corrected chi connectivity index (χ0v) is 26.9. The van der Waals surface area contributed by atoms with Crippen LogP contribution < -0.4 is 4.74 Å². The maximum Gasteiger partial charge on any atom is 0.490 e. The van der Waals surface area contributed by atoms with Crippen LogP contribution in [0.2, 0.25) is 0 Å². The second-order valence-corrected chi connectivity index (χ2v) is 12.5. The molecule has 3 N–H and O–H groups in total. The van der Waals surface area contributed by atoms with E-state index >= 15 is 0 Å². The number of nitrogens with zero attached hydrogens (tertiary/aromatic N) is 4. The van der Waals surface area contributed by atoms with E-state index < -0.39 is 52.1 Å². The van der Waals surface area contributed by atoms with Crippen LogP contribution >= 0.6 is 0 Å². The summed E-state index contributed by atoms with van der Waals surface area (Å²) < 4.78 is 130. The number of hydrogen-bond donors (Lipinski definition) is 3. The van der Waals surface area contributed by atoms with Crippen molar-refractivity contribution >= 4 is 27.9 Å². The molecule has 2 aromatic heterocycles. The molecule has 13 nitrogen and oxygen atoms in total. The topological polar surface area (TPSA) is 188 Å². The molecular formula is C29H27F9N4O9S. The van der Waals surface area contributed by atoms with Crippen molar-refractivity contribution in [1.29, 1.82) is 0 Å². The van der Waals surface area contributed by atoms with E-state index in [1.165, 1.54) is 4.31 Å². The Morgan fingerprint density at radius 2 is 1.29 bits per heavy atom. The van der Waals surface area contributed by atoms with Crippen molar-refractivity contribution in [2.45, 2.75) is 48.5 Å². The van der Waals surface area contributed by atoms with E-state index in [2.05, 4.69) is 20.9 Å². The standard InChI is InChI=1S/C23H24N4O3S.3C2HF3O2/c28-31(29)22-9-2-1-8-21(22)30-23(18-27(31)16-20-7-3-4-12-25-20)10-13-26(17-23)15-19-6-5-11-24-14-19;3*3-2(4,5)1(6)7/h1-9,11-12,14H,10,13,15-18H2;3*(H,6,7). The molecule has 3 aromatic rings. The third-order valence-corrected chi connectivity index (χ3v) is 8.41. The Bertz CT molecular complexity index is 1710. The van der Waals surface area contributed by atoms with Crippen LogP contribution in [0.15, 0.2) is 78.1 Å². The Hall–Kier alpha value is -5.03. The number of ether oxygens (including phenoxy) is 1. The number of rotatable bonds is 4. The first-order chi connectivity index (χ1) is 23.9. The van der Waals surface area contributed by atoms with Crippen molar-refractivity contribution < 1.29 is 82.4 Å². The first-order valence-corrected chi connectivity index (χ1v) is 15.5. The monoisotopic (exact) mass is 778 g/mol. The molecule has 1 saturated heterocycles. The lowest BCUT2D eigenvalue weighted by atomic mass is 10.0. The molecule has 1 unspecified atom stereocenters. The van der Waals surface area contributed by atoms with Crippen LogP contribution in [0.3, 0.4) is 0 Å². The molecule has 286 valence electrons. The van der Waals surface area contributed by atoms with Gasteiger partial charge < -0.3 is 20.1 Å². The van der Waals surface area contributed by atoms with E-state index in [1.807, 2.05) is 36.5 Å². The van der Waals surface area contributed by atoms with E-state index in [4.69, 9.17) is 34.4 Å². The molecule has 0 aliphatic carbocycles. The molecule has 0 amide bonds. The SMILES string of the molecule is O=C(O)C(F)(F)F.O=C(O)C(F)(F)F.O=C(O)C(F)(F)F.O=S1(=O)c2ccccc2OC2(CCN(Cc3cccnc3)C2)CN1Cc1ccccn1. The van der Waals surface area contributed by atoms with Gasteiger partial charge in [-0.15, -0.1) is 0 Å². The zero-order chi connectivity index (χ0) is 39.5. The molecule has 1 fully saturated rings. The number of aliphatic carboxylic acids is 3. The third-order valence-electron chi connectivity index (χ3n) is 6.57. The number of benzene rings is 1. The molecule has 4 heterocycles. The summed E-state index contributed by atoms with van der Waals surface area (Å²) in [5.74, 6) is -7.85. The predicted molar refractivity (Wildman–Crippen MR) is 157 cm³/mol. The lowest BCUT2D eigenvalue weighted by Gasteiger charge is -2.32. The molecule has 0 radical (unpaired) electrons. The van der Waals surface area contributed by atoms with Crippen LogP contribution in [0, 0.1) is 0 Å². The summed E-state index contributed by atoms with van der Waals surface area (Å²) in [5.41, 5.74) is 1.23. The molecule has 0 saturated carbocycles. The summed E-state index contributed by atoms with van der Waals surface area (Å²) in [6, 6.07) is 16.5. The average Bonchev–Trinajstić information content (AvgIpc) is 3.39. The van der Waals surface area contributed by atoms with E-state index in [0.717, 1.165) is 25.1 Å². The van der Waals surface area contributed by atoms with Gasteiger partial charge in [-0.2, -0.15) is 43.8 Å². The first-order valence-electron chi connectivity index (χ1n) is 14.1. The number of pyridine rings is 2. The van der Waals surface area contributed by atoms with Crippen LogP contribution in [-0.2, 0) is 37.5 Å². The number of carboxylic acid groups (broad SMARTS) is 3. The van der Waals surface area contributed by atoms with Crippen LogP contribution in [0.25, 0.3) is 0 Å². The molecule has 23 heteroatoms. The van der Waals surface area contributed by atoms with Gasteiger partial charge in [0.1, 0.15) is 16.2 Å². The van der Waals surface area contributed by atoms with Crippen LogP contribution in [0.4, 0.5) is 39.5 Å². The Balaban J connectivity index is 0.000000365. The zero-order valence-electron chi connectivity index (χ0n) is 26.1. The molecule has 2 aliphatic rings. The van der Waals surface area contributed by atoms with Crippen molar-refractivity contribution in [2.75, 3.05) is 19.6 Å². The smallest absolute Gasteiger partial charge is 0.483 e. The van der Waals surface area contributed by atoms with E-state index in [-0.39, 0.29) is 18.0 Å². The summed E-state index contributed by atoms with van der Waals surface area (Å²) in [4.78, 5) is 37.8. The van der Waals surface area contributed by atoms with Crippen LogP contribution in [-0.4, -0.2) is 105 Å². The minimum Gasteiger partial charge on any atom is -0.483 e. The number of halogens is 9. The number of fused-ring (bicyclic) bond motifs is 1. The van der Waals surface area contributed by atoms with Gasteiger partial charge >= 0.3 is 36.4 Å². The molecule has 2 aliphatic heterocycles. The van der Waals surface area contributed by atoms with Crippen molar-refractivity contribution in [2.24, 2.45) is 0 Å². The number of hydrogen-bond acceptors (Lipinski definition) is 9. The summed E-state index contributed by atoms with van der Waals surface area (Å²) in [6.45, 7) is 2.72. The summed E-state index contributed by atoms with van der Waals surface area (Å²) in [7, 11) is -3.72. The van der Waals surface area contributed by atoms with Crippen molar-refractivity contribution in [1.82, 2.24) is 19.2 Å². The average molecular weight is 779 g/mol. The van der Waals surface area contributed by atoms with E-state index in [0.29, 0.717) is 18.0 Å². The molecule has 1 atom stereocenters. The number of carbonyl (C=O) groups is 3. The second kappa shape index (κ2) is 17.5. The Kier molecular flexibility index (Phi) is 14.5. The van der Waals surface area contributed by atoms with Crippen LogP contribution in [0.5, 0.6) is 5.75 Å². The van der Waals surface area contributed by atoms with Crippen molar-refractivity contribution in [3.05, 3.63) is 84.4 Å². The highest BCUT2D eigenvalue weighted by Crippen LogP contribution is 2.39. The quantitative estimate of drug-likeness (QED) is 0.313. The molecule has 1 spiro atoms. The minimum absolute atomic E-state index is 0.214. The second-order valence-electron chi connectivity index (χ2n) is 10.6. The number of aromatic nitrogens is 2. The summed E-state index contributed by atoms with van der Waals surface area (Å²) >= 11 is 0. The summed E-state index contributed by atoms with van der Waals surface area (Å²) in [5, 5.41) is 21.4. The number of alkyl halides is 9. The molecule has 5 rings (SSSR count). The van der Waals surface area contributed by atoms with Gasteiger partial charge in [-0.3, -0.25) is 14.9 Å². The maximum absolute atomic E-state index is 13.5. The summed E-state index contributed by atoms with van der Waals surface area (Å²) in [6.07, 6.45) is -9.19. The number of para-hydroxylation sites is 1. The largest absolute Gasteiger partial charge is 0.490 e. The third kappa shape index (κ3) is 13.3. The molecule has 1 aromatic carbocycles. The molecular weight excluding hydrogens is 751 g/mol. The van der Waals surface area contributed by atoms with E-state index in [1.54, 1.807) is 30.6 Å². The number of carboxylic acids is 3. The van der Waals surface area contributed by atoms with Crippen molar-refractivity contribution in [3.63, 3.8) is 0 Å². The lowest BCUT2D eigenvalue weighted by molar-refractivity contribution is -0.193. The van der Waals surface area contributed by atoms with Crippen molar-refractivity contribution in [3.8, 4) is 5.75 Å². The highest BCUT2D eigenvalue weighted by atomic mass is 32.2. The van der Waals surface area contributed by atoms with Gasteiger partial charge in [0, 0.05) is 44.6 Å². The van der Waals surface area contributed by atoms with Gasteiger partial charge in [-0.05, 0) is 35.9 Å². The van der Waals surface area contributed by atoms with Gasteiger partial charge in [0.15, 0.2) is 0 Å². The first kappa shape index (κ1) is 43.1. The van der Waals surface area contributed by atoms with E-state index in [9.17, 15) is 47.9 Å². The van der Waals surface area contributed by atoms with Crippen LogP contribution in [0.1, 0.15) is 17.7 Å². The fourth-order valence-electron chi connectivity index (χ4n) is 4.40. The highest BCUT2D eigenvalue weighted by Gasteiger charge is 2.48. The Morgan fingerprint density at radius 1 is 0.750 bits per heavy atom. The lowest BCUT2D eigenvalue weighted by Crippen LogP contribution is -2.49. The minimum atomic E-state index is -5.08. The number of sulfonamides is 1. The Labute approximate surface area is 287 Å². The molecule has 52 heavy (non-hydrogen) atoms. The van der Waals surface area contributed by atoms with Gasteiger partial charge in [-0.1, -0.05) is 24.3 Å². The Morgan fingerprint density at radius 3 is 1.77 bits per heavy atom. The fraction of sp³-hybridized carbons (Fsp3) is 0.345. The predicted octanol–water partition coefficient (Wildman–Crippen LogP) is 4.60. The highest BCUT2D eigenvalue weighted by molar-refractivity contribution is 7.89. The van der Waals surface area contributed by atoms with Gasteiger partial charge in [0.2, 0.25) is 10.0 Å². The van der Waals surface area contributed by atoms with Gasteiger partial charge in [-0.25, -0.2) is 22.8 Å². The number of likely N-dealkylation sites (tertiary alicyclic amines) is 1. The van der Waals surface area contributed by atoms with Gasteiger partial charge in [0.25, 0.3) is 0 Å². The fourth-order valence-corrected chi connectivity index (χ4v) is 6.00. The molecule has 0 bridgehead atoms. The normalized spacial score (nSPS) is 18.4. The van der Waals surface area contributed by atoms with Gasteiger partial charge in [0.05, 0.1) is 18.8 Å². The maximum atomic E-state index is 13.5.